The molecule has 122 valence electrons. The Morgan fingerprint density at radius 3 is 2.46 bits per heavy atom. The summed E-state index contributed by atoms with van der Waals surface area (Å²) in [5, 5.41) is 14.4. The van der Waals surface area contributed by atoms with Crippen molar-refractivity contribution in [3.05, 3.63) is 65.9 Å². The second kappa shape index (κ2) is 7.41. The van der Waals surface area contributed by atoms with Crippen molar-refractivity contribution >= 4 is 17.5 Å². The smallest absolute Gasteiger partial charge is 0.249 e. The number of hydrogen-bond donors (Lipinski definition) is 2. The van der Waals surface area contributed by atoms with E-state index in [9.17, 15) is 0 Å². The van der Waals surface area contributed by atoms with Gasteiger partial charge in [0.1, 0.15) is 5.75 Å². The molecule has 0 aliphatic heterocycles. The first-order valence-electron chi connectivity index (χ1n) is 7.63. The number of nitrogens with one attached hydrogen (secondary N) is 2. The first kappa shape index (κ1) is 15.7. The minimum Gasteiger partial charge on any atom is -0.497 e. The average molecular weight is 321 g/mol. The maximum absolute atomic E-state index is 5.15. The molecule has 3 rings (SSSR count). The first-order valence-corrected chi connectivity index (χ1v) is 7.63. The second-order valence-electron chi connectivity index (χ2n) is 5.36. The molecule has 2 N–H and O–H groups in total. The number of hydrogen-bond acceptors (Lipinski definition) is 6. The molecule has 24 heavy (non-hydrogen) atoms. The van der Waals surface area contributed by atoms with Crippen molar-refractivity contribution in [1.82, 2.24) is 15.2 Å². The van der Waals surface area contributed by atoms with Crippen molar-refractivity contribution < 1.29 is 4.74 Å². The van der Waals surface area contributed by atoms with Crippen LogP contribution in [0.3, 0.4) is 0 Å². The number of aromatic nitrogens is 3. The highest BCUT2D eigenvalue weighted by Gasteiger charge is 2.02. The molecule has 0 aliphatic rings. The molecule has 0 radical (unpaired) electrons. The van der Waals surface area contributed by atoms with E-state index in [2.05, 4.69) is 25.8 Å². The summed E-state index contributed by atoms with van der Waals surface area (Å²) in [6.45, 7) is 2.69. The molecule has 1 heterocycles. The topological polar surface area (TPSA) is 72.0 Å². The second-order valence-corrected chi connectivity index (χ2v) is 5.36. The van der Waals surface area contributed by atoms with E-state index >= 15 is 0 Å². The number of aryl methyl sites for hydroxylation is 1. The largest absolute Gasteiger partial charge is 0.497 e. The molecule has 1 aromatic heterocycles. The van der Waals surface area contributed by atoms with Crippen LogP contribution in [0.5, 0.6) is 5.75 Å². The van der Waals surface area contributed by atoms with Crippen LogP contribution < -0.4 is 15.4 Å². The monoisotopic (exact) mass is 321 g/mol. The van der Waals surface area contributed by atoms with Crippen LogP contribution in [-0.2, 0) is 6.54 Å². The minimum absolute atomic E-state index is 0.457. The van der Waals surface area contributed by atoms with Crippen molar-refractivity contribution in [2.75, 3.05) is 17.7 Å². The van der Waals surface area contributed by atoms with Crippen molar-refractivity contribution in [1.29, 1.82) is 0 Å². The van der Waals surface area contributed by atoms with Crippen molar-refractivity contribution in [3.8, 4) is 5.75 Å². The molecule has 0 atom stereocenters. The number of nitrogens with zero attached hydrogens (tertiary/aromatic N) is 3. The van der Waals surface area contributed by atoms with Crippen LogP contribution in [-0.4, -0.2) is 22.3 Å². The summed E-state index contributed by atoms with van der Waals surface area (Å²) in [7, 11) is 1.66. The van der Waals surface area contributed by atoms with Crippen LogP contribution >= 0.6 is 0 Å². The molecule has 6 heteroatoms. The van der Waals surface area contributed by atoms with Gasteiger partial charge in [-0.15, -0.1) is 5.10 Å². The van der Waals surface area contributed by atoms with Crippen LogP contribution in [0.2, 0.25) is 0 Å². The Bertz CT molecular complexity index is 787. The summed E-state index contributed by atoms with van der Waals surface area (Å²) in [4.78, 5) is 4.42. The molecule has 0 saturated heterocycles. The predicted molar refractivity (Wildman–Crippen MR) is 94.6 cm³/mol. The Morgan fingerprint density at radius 1 is 1.00 bits per heavy atom. The summed E-state index contributed by atoms with van der Waals surface area (Å²) < 4.78 is 5.15. The van der Waals surface area contributed by atoms with Crippen molar-refractivity contribution in [2.45, 2.75) is 13.5 Å². The lowest BCUT2D eigenvalue weighted by Crippen LogP contribution is -2.05. The molecular weight excluding hydrogens is 302 g/mol. The molecule has 3 aromatic rings. The van der Waals surface area contributed by atoms with Gasteiger partial charge in [-0.2, -0.15) is 10.1 Å². The van der Waals surface area contributed by atoms with Gasteiger partial charge in [-0.3, -0.25) is 0 Å². The van der Waals surface area contributed by atoms with E-state index in [-0.39, 0.29) is 0 Å². The average Bonchev–Trinajstić information content (AvgIpc) is 2.63. The lowest BCUT2D eigenvalue weighted by Gasteiger charge is -2.08. The van der Waals surface area contributed by atoms with E-state index in [1.165, 1.54) is 5.56 Å². The summed E-state index contributed by atoms with van der Waals surface area (Å²) >= 11 is 0. The third-order valence-electron chi connectivity index (χ3n) is 3.50. The van der Waals surface area contributed by atoms with Gasteiger partial charge in [0.2, 0.25) is 5.95 Å². The Kier molecular flexibility index (Phi) is 4.86. The SMILES string of the molecule is COc1ccc(CNc2cnnc(Nc3ccc(C)cc3)n2)cc1. The fourth-order valence-corrected chi connectivity index (χ4v) is 2.14. The first-order chi connectivity index (χ1) is 11.7. The number of benzene rings is 2. The highest BCUT2D eigenvalue weighted by Crippen LogP contribution is 2.15. The molecule has 0 amide bonds. The Labute approximate surface area is 140 Å². The van der Waals surface area contributed by atoms with Gasteiger partial charge in [-0.05, 0) is 36.8 Å². The van der Waals surface area contributed by atoms with Gasteiger partial charge in [0.15, 0.2) is 5.82 Å². The standard InChI is InChI=1S/C18H19N5O/c1-13-3-7-15(8-4-13)21-18-22-17(12-20-23-18)19-11-14-5-9-16(24-2)10-6-14/h3-10,12H,11H2,1-2H3,(H2,19,21,22,23). The Morgan fingerprint density at radius 2 is 1.75 bits per heavy atom. The zero-order valence-electron chi connectivity index (χ0n) is 13.7. The van der Waals surface area contributed by atoms with E-state index in [0.29, 0.717) is 18.3 Å². The van der Waals surface area contributed by atoms with Crippen LogP contribution in [0.1, 0.15) is 11.1 Å². The third-order valence-corrected chi connectivity index (χ3v) is 3.50. The molecule has 0 fully saturated rings. The number of ether oxygens (including phenoxy) is 1. The van der Waals surface area contributed by atoms with E-state index < -0.39 is 0 Å². The molecular formula is C18H19N5O. The quantitative estimate of drug-likeness (QED) is 0.723. The van der Waals surface area contributed by atoms with E-state index in [1.807, 2.05) is 55.5 Å². The van der Waals surface area contributed by atoms with Gasteiger partial charge in [-0.1, -0.05) is 29.8 Å². The zero-order chi connectivity index (χ0) is 16.8. The van der Waals surface area contributed by atoms with Gasteiger partial charge in [-0.25, -0.2) is 0 Å². The molecule has 0 saturated carbocycles. The van der Waals surface area contributed by atoms with Crippen molar-refractivity contribution in [3.63, 3.8) is 0 Å². The van der Waals surface area contributed by atoms with Gasteiger partial charge < -0.3 is 15.4 Å². The zero-order valence-corrected chi connectivity index (χ0v) is 13.7. The number of anilines is 3. The highest BCUT2D eigenvalue weighted by atomic mass is 16.5. The Hall–Kier alpha value is -3.15. The van der Waals surface area contributed by atoms with Gasteiger partial charge in [0.25, 0.3) is 0 Å². The van der Waals surface area contributed by atoms with Gasteiger partial charge in [0.05, 0.1) is 13.3 Å². The molecule has 0 aliphatic carbocycles. The van der Waals surface area contributed by atoms with Crippen LogP contribution in [0.4, 0.5) is 17.5 Å². The summed E-state index contributed by atoms with van der Waals surface area (Å²) in [5.41, 5.74) is 3.26. The Balaban J connectivity index is 1.63. The summed E-state index contributed by atoms with van der Waals surface area (Å²) in [6, 6.07) is 15.9. The number of rotatable bonds is 6. The van der Waals surface area contributed by atoms with E-state index in [1.54, 1.807) is 13.3 Å². The van der Waals surface area contributed by atoms with Crippen LogP contribution in [0.25, 0.3) is 0 Å². The lowest BCUT2D eigenvalue weighted by atomic mass is 10.2. The predicted octanol–water partition coefficient (Wildman–Crippen LogP) is 3.54. The fraction of sp³-hybridized carbons (Fsp3) is 0.167. The molecule has 0 unspecified atom stereocenters. The molecule has 0 spiro atoms. The number of methoxy groups -OCH3 is 1. The lowest BCUT2D eigenvalue weighted by molar-refractivity contribution is 0.414. The van der Waals surface area contributed by atoms with Crippen molar-refractivity contribution in [2.24, 2.45) is 0 Å². The normalized spacial score (nSPS) is 10.2. The van der Waals surface area contributed by atoms with Gasteiger partial charge in [0, 0.05) is 12.2 Å². The summed E-state index contributed by atoms with van der Waals surface area (Å²) in [5.74, 6) is 1.96. The van der Waals surface area contributed by atoms with Gasteiger partial charge >= 0.3 is 0 Å². The maximum Gasteiger partial charge on any atom is 0.249 e. The maximum atomic E-state index is 5.15. The fourth-order valence-electron chi connectivity index (χ4n) is 2.14. The highest BCUT2D eigenvalue weighted by molar-refractivity contribution is 5.54. The molecule has 6 nitrogen and oxygen atoms in total. The minimum atomic E-state index is 0.457. The van der Waals surface area contributed by atoms with Crippen LogP contribution in [0.15, 0.2) is 54.7 Å². The summed E-state index contributed by atoms with van der Waals surface area (Å²) in [6.07, 6.45) is 1.60. The van der Waals surface area contributed by atoms with E-state index in [0.717, 1.165) is 17.0 Å². The third kappa shape index (κ3) is 4.19. The molecule has 2 aromatic carbocycles. The van der Waals surface area contributed by atoms with E-state index in [4.69, 9.17) is 4.74 Å². The molecule has 0 bridgehead atoms. The van der Waals surface area contributed by atoms with Crippen LogP contribution in [0, 0.1) is 6.92 Å².